The van der Waals surface area contributed by atoms with E-state index in [9.17, 15) is 13.2 Å². The molecule has 2 atom stereocenters. The van der Waals surface area contributed by atoms with Crippen LogP contribution in [0.15, 0.2) is 59.5 Å². The van der Waals surface area contributed by atoms with E-state index in [4.69, 9.17) is 35.3 Å². The Balaban J connectivity index is 1.59. The molecule has 15 heteroatoms. The third-order valence-corrected chi connectivity index (χ3v) is 11.3. The molecule has 0 spiro atoms. The number of likely N-dealkylation sites (tertiary alicyclic amines) is 1. The molecule has 0 aliphatic carbocycles. The summed E-state index contributed by atoms with van der Waals surface area (Å²) in [4.78, 5) is 33.6. The summed E-state index contributed by atoms with van der Waals surface area (Å²) in [5.41, 5.74) is -0.126. The Hall–Kier alpha value is -4.08. The van der Waals surface area contributed by atoms with Crippen LogP contribution in [-0.2, 0) is 36.4 Å². The predicted octanol–water partition coefficient (Wildman–Crippen LogP) is 4.30. The predicted molar refractivity (Wildman–Crippen MR) is 185 cm³/mol. The van der Waals surface area contributed by atoms with Gasteiger partial charge < -0.3 is 28.6 Å². The lowest BCUT2D eigenvalue weighted by Gasteiger charge is -2.41. The van der Waals surface area contributed by atoms with E-state index >= 15 is 4.79 Å². The van der Waals surface area contributed by atoms with Crippen LogP contribution in [0.5, 0.6) is 17.2 Å². The first-order chi connectivity index (χ1) is 24.0. The average molecular weight is 729 g/mol. The van der Waals surface area contributed by atoms with Crippen molar-refractivity contribution in [2.75, 3.05) is 72.6 Å². The summed E-state index contributed by atoms with van der Waals surface area (Å²) in [5.74, 6) is -0.0747. The first-order valence-electron chi connectivity index (χ1n) is 16.2. The highest BCUT2D eigenvalue weighted by Crippen LogP contribution is 2.55. The number of ether oxygens (including phenoxy) is 5. The molecule has 2 saturated heterocycles. The maximum atomic E-state index is 15.5. The minimum atomic E-state index is -4.63. The molecule has 2 amide bonds. The second-order valence-corrected chi connectivity index (χ2v) is 14.6. The van der Waals surface area contributed by atoms with Gasteiger partial charge in [-0.25, -0.2) is 22.4 Å². The summed E-state index contributed by atoms with van der Waals surface area (Å²) in [7, 11) is 2.81. The van der Waals surface area contributed by atoms with Gasteiger partial charge in [-0.3, -0.25) is 9.69 Å². The summed E-state index contributed by atoms with van der Waals surface area (Å²) in [6.45, 7) is 3.72. The Morgan fingerprint density at radius 1 is 0.940 bits per heavy atom. The van der Waals surface area contributed by atoms with Gasteiger partial charge >= 0.3 is 6.09 Å². The number of fused-ring (bicyclic) bond motifs is 1. The maximum Gasteiger partial charge on any atom is 0.410 e. The van der Waals surface area contributed by atoms with Gasteiger partial charge in [0, 0.05) is 62.5 Å². The van der Waals surface area contributed by atoms with Crippen molar-refractivity contribution in [2.24, 2.45) is 0 Å². The molecule has 0 bridgehead atoms. The number of morpholine rings is 1. The molecule has 13 nitrogen and oxygen atoms in total. The lowest BCUT2D eigenvalue weighted by molar-refractivity contribution is -0.132. The number of anilines is 1. The summed E-state index contributed by atoms with van der Waals surface area (Å²) in [5, 5.41) is 0.283. The van der Waals surface area contributed by atoms with E-state index in [0.29, 0.717) is 61.8 Å². The fourth-order valence-electron chi connectivity index (χ4n) is 6.98. The Kier molecular flexibility index (Phi) is 10.2. The zero-order valence-corrected chi connectivity index (χ0v) is 30.3. The number of halogens is 1. The number of rotatable bonds is 10. The van der Waals surface area contributed by atoms with E-state index in [1.54, 1.807) is 31.1 Å². The van der Waals surface area contributed by atoms with Gasteiger partial charge in [0.15, 0.2) is 11.8 Å². The highest BCUT2D eigenvalue weighted by Gasteiger charge is 2.63. The summed E-state index contributed by atoms with van der Waals surface area (Å²) >= 11 is 6.65. The molecule has 6 rings (SSSR count). The van der Waals surface area contributed by atoms with E-state index in [1.807, 2.05) is 12.1 Å². The number of sulfonamides is 1. The van der Waals surface area contributed by atoms with Gasteiger partial charge in [-0.2, -0.15) is 0 Å². The third-order valence-electron chi connectivity index (χ3n) is 9.35. The zero-order chi connectivity index (χ0) is 35.8. The van der Waals surface area contributed by atoms with Crippen LogP contribution >= 0.6 is 11.6 Å². The van der Waals surface area contributed by atoms with Crippen LogP contribution in [0, 0.1) is 0 Å². The molecule has 3 aliphatic heterocycles. The number of amides is 2. The van der Waals surface area contributed by atoms with E-state index in [0.717, 1.165) is 23.0 Å². The second-order valence-electron chi connectivity index (χ2n) is 12.5. The highest BCUT2D eigenvalue weighted by molar-refractivity contribution is 7.93. The normalized spacial score (nSPS) is 21.2. The molecule has 3 heterocycles. The number of nitrogens with zero attached hydrogens (tertiary/aromatic N) is 4. The molecule has 50 heavy (non-hydrogen) atoms. The van der Waals surface area contributed by atoms with Gasteiger partial charge in [-0.1, -0.05) is 23.7 Å². The van der Waals surface area contributed by atoms with Crippen LogP contribution in [0.25, 0.3) is 0 Å². The van der Waals surface area contributed by atoms with E-state index in [2.05, 4.69) is 4.90 Å². The van der Waals surface area contributed by atoms with E-state index in [-0.39, 0.29) is 21.4 Å². The molecular formula is C35H41ClN4O9S. The number of carbonyl (C=O) groups excluding carboxylic acids is 2. The molecule has 0 saturated carbocycles. The number of hydrogen-bond acceptors (Lipinski definition) is 11. The van der Waals surface area contributed by atoms with Crippen molar-refractivity contribution in [1.82, 2.24) is 14.7 Å². The standard InChI is InChI=1S/C35H41ClN4O9S/c1-37(2)34(42)49-32-7-6-14-39(32)35(26-11-8-23(19-29(26)46-4)22-38-15-17-48-18-16-38)27-20-24(36)9-12-28(27)40(33(35)41)50(43,44)31-13-10-25(45-3)21-30(31)47-5/h8-13,19-21,32H,6-7,14-18,22H2,1-5H3/t32-,35?/m0/s1. The van der Waals surface area contributed by atoms with Crippen LogP contribution in [-0.4, -0.2) is 110 Å². The molecule has 1 unspecified atom stereocenters. The minimum Gasteiger partial charge on any atom is -0.497 e. The first kappa shape index (κ1) is 35.7. The fraction of sp³-hybridized carbons (Fsp3) is 0.429. The summed E-state index contributed by atoms with van der Waals surface area (Å²) in [6, 6.07) is 14.5. The van der Waals surface area contributed by atoms with Gasteiger partial charge in [-0.05, 0) is 54.8 Å². The van der Waals surface area contributed by atoms with Gasteiger partial charge in [0.2, 0.25) is 0 Å². The molecule has 3 aromatic carbocycles. The average Bonchev–Trinajstić information content (AvgIpc) is 3.67. The van der Waals surface area contributed by atoms with Gasteiger partial charge in [0.05, 0.1) is 40.2 Å². The summed E-state index contributed by atoms with van der Waals surface area (Å²) in [6.07, 6.45) is -0.529. The third kappa shape index (κ3) is 6.13. The van der Waals surface area contributed by atoms with Crippen LogP contribution < -0.4 is 18.5 Å². The SMILES string of the molecule is COc1ccc(S(=O)(=O)N2C(=O)C(c3ccc(CN4CCOCC4)cc3OC)(N3CCC[C@@H]3OC(=O)N(C)C)c3cc(Cl)ccc32)c(OC)c1. The van der Waals surface area contributed by atoms with E-state index in [1.165, 1.54) is 56.6 Å². The topological polar surface area (TPSA) is 127 Å². The number of benzene rings is 3. The largest absolute Gasteiger partial charge is 0.497 e. The van der Waals surface area contributed by atoms with Crippen LogP contribution in [0.3, 0.4) is 0 Å². The summed E-state index contributed by atoms with van der Waals surface area (Å²) < 4.78 is 58.6. The molecule has 3 aromatic rings. The molecule has 0 radical (unpaired) electrons. The molecule has 268 valence electrons. The highest BCUT2D eigenvalue weighted by atomic mass is 35.5. The number of methoxy groups -OCH3 is 3. The van der Waals surface area contributed by atoms with Crippen molar-refractivity contribution in [1.29, 1.82) is 0 Å². The monoisotopic (exact) mass is 728 g/mol. The second kappa shape index (κ2) is 14.3. The Morgan fingerprint density at radius 2 is 1.68 bits per heavy atom. The van der Waals surface area contributed by atoms with Crippen molar-refractivity contribution in [2.45, 2.75) is 36.0 Å². The number of hydrogen-bond donors (Lipinski definition) is 0. The van der Waals surface area contributed by atoms with Crippen LogP contribution in [0.2, 0.25) is 5.02 Å². The first-order valence-corrected chi connectivity index (χ1v) is 18.0. The molecule has 0 aromatic heterocycles. The van der Waals surface area contributed by atoms with Crippen molar-refractivity contribution in [3.05, 3.63) is 76.3 Å². The molecular weight excluding hydrogens is 688 g/mol. The lowest BCUT2D eigenvalue weighted by Crippen LogP contribution is -2.57. The van der Waals surface area contributed by atoms with Gasteiger partial charge in [-0.15, -0.1) is 0 Å². The Bertz CT molecular complexity index is 1890. The number of carbonyl (C=O) groups is 2. The quantitative estimate of drug-likeness (QED) is 0.297. The zero-order valence-electron chi connectivity index (χ0n) is 28.7. The minimum absolute atomic E-state index is 0.00540. The van der Waals surface area contributed by atoms with E-state index < -0.39 is 33.8 Å². The van der Waals surface area contributed by atoms with Gasteiger partial charge in [0.25, 0.3) is 15.9 Å². The van der Waals surface area contributed by atoms with Crippen LogP contribution in [0.1, 0.15) is 29.5 Å². The molecule has 0 N–H and O–H groups in total. The lowest BCUT2D eigenvalue weighted by atomic mass is 9.81. The Labute approximate surface area is 297 Å². The van der Waals surface area contributed by atoms with Crippen molar-refractivity contribution >= 4 is 39.3 Å². The smallest absolute Gasteiger partial charge is 0.410 e. The molecule has 2 fully saturated rings. The maximum absolute atomic E-state index is 15.5. The van der Waals surface area contributed by atoms with Gasteiger partial charge in [0.1, 0.15) is 22.1 Å². The fourth-order valence-corrected chi connectivity index (χ4v) is 8.75. The Morgan fingerprint density at radius 3 is 2.36 bits per heavy atom. The molecule has 3 aliphatic rings. The van der Waals surface area contributed by atoms with Crippen molar-refractivity contribution in [3.8, 4) is 17.2 Å². The van der Waals surface area contributed by atoms with Crippen molar-refractivity contribution < 1.29 is 41.7 Å². The van der Waals surface area contributed by atoms with Crippen molar-refractivity contribution in [3.63, 3.8) is 0 Å². The van der Waals surface area contributed by atoms with Crippen LogP contribution in [0.4, 0.5) is 10.5 Å².